The summed E-state index contributed by atoms with van der Waals surface area (Å²) in [6.07, 6.45) is 1.52. The Kier molecular flexibility index (Phi) is 6.10. The highest BCUT2D eigenvalue weighted by Crippen LogP contribution is 2.41. The lowest BCUT2D eigenvalue weighted by Crippen LogP contribution is -2.14. The average Bonchev–Trinajstić information content (AvgIpc) is 3.18. The Labute approximate surface area is 211 Å². The van der Waals surface area contributed by atoms with Crippen molar-refractivity contribution < 1.29 is 8.42 Å². The first-order valence-corrected chi connectivity index (χ1v) is 13.2. The second-order valence-electron chi connectivity index (χ2n) is 7.80. The van der Waals surface area contributed by atoms with Gasteiger partial charge in [-0.15, -0.1) is 21.5 Å². The minimum absolute atomic E-state index is 0.0800. The molecule has 8 nitrogen and oxygen atoms in total. The molecule has 0 atom stereocenters. The first-order valence-electron chi connectivity index (χ1n) is 10.5. The highest BCUT2D eigenvalue weighted by molar-refractivity contribution is 7.92. The number of benzene rings is 2. The van der Waals surface area contributed by atoms with Gasteiger partial charge in [-0.05, 0) is 55.8 Å². The number of halogens is 1. The largest absolute Gasteiger partial charge is 0.340 e. The number of sulfonamides is 1. The molecule has 0 radical (unpaired) electrons. The molecule has 2 N–H and O–H groups in total. The minimum atomic E-state index is -3.84. The standard InChI is InChI=1S/C24H19ClN6O2S2/c1-14-3-5-16(6-4-14)21-15(2)34-24-22(21)23(26-13-27-24)28-17-7-9-18(10-8-17)35(32,33)31-20-12-11-19(25)29-30-20/h3-13H,1-2H3,(H,30,31)(H,26,27,28). The van der Waals surface area contributed by atoms with Gasteiger partial charge in [-0.3, -0.25) is 4.72 Å². The van der Waals surface area contributed by atoms with Crippen molar-refractivity contribution in [2.45, 2.75) is 18.7 Å². The summed E-state index contributed by atoms with van der Waals surface area (Å²) in [5.74, 6) is 0.733. The van der Waals surface area contributed by atoms with Crippen molar-refractivity contribution in [1.29, 1.82) is 0 Å². The van der Waals surface area contributed by atoms with Gasteiger partial charge in [-0.25, -0.2) is 18.4 Å². The van der Waals surface area contributed by atoms with Gasteiger partial charge in [0, 0.05) is 16.1 Å². The average molecular weight is 523 g/mol. The van der Waals surface area contributed by atoms with Crippen molar-refractivity contribution in [2.75, 3.05) is 10.0 Å². The van der Waals surface area contributed by atoms with Crippen LogP contribution in [0.15, 0.2) is 71.9 Å². The molecule has 0 aliphatic heterocycles. The first kappa shape index (κ1) is 23.2. The smallest absolute Gasteiger partial charge is 0.263 e. The molecule has 5 aromatic rings. The Balaban J connectivity index is 1.45. The number of fused-ring (bicyclic) bond motifs is 1. The summed E-state index contributed by atoms with van der Waals surface area (Å²) in [5, 5.41) is 11.8. The normalized spacial score (nSPS) is 11.5. The van der Waals surface area contributed by atoms with Gasteiger partial charge < -0.3 is 5.32 Å². The number of hydrogen-bond acceptors (Lipinski definition) is 8. The van der Waals surface area contributed by atoms with Crippen LogP contribution in [0.3, 0.4) is 0 Å². The van der Waals surface area contributed by atoms with Gasteiger partial charge in [0.15, 0.2) is 11.0 Å². The van der Waals surface area contributed by atoms with Crippen molar-refractivity contribution >= 4 is 60.5 Å². The van der Waals surface area contributed by atoms with Crippen molar-refractivity contribution in [1.82, 2.24) is 20.2 Å². The van der Waals surface area contributed by atoms with Crippen LogP contribution in [0.5, 0.6) is 0 Å². The third kappa shape index (κ3) is 4.81. The van der Waals surface area contributed by atoms with Gasteiger partial charge in [0.1, 0.15) is 17.0 Å². The highest BCUT2D eigenvalue weighted by Gasteiger charge is 2.18. The number of rotatable bonds is 6. The fourth-order valence-electron chi connectivity index (χ4n) is 3.63. The zero-order valence-electron chi connectivity index (χ0n) is 18.7. The molecule has 35 heavy (non-hydrogen) atoms. The van der Waals surface area contributed by atoms with Gasteiger partial charge in [0.2, 0.25) is 0 Å². The van der Waals surface area contributed by atoms with E-state index in [0.717, 1.165) is 26.2 Å². The van der Waals surface area contributed by atoms with E-state index < -0.39 is 10.0 Å². The molecule has 5 rings (SSSR count). The van der Waals surface area contributed by atoms with Gasteiger partial charge in [-0.2, -0.15) is 0 Å². The van der Waals surface area contributed by atoms with E-state index >= 15 is 0 Å². The predicted octanol–water partition coefficient (Wildman–Crippen LogP) is 5.96. The van der Waals surface area contributed by atoms with Crippen LogP contribution in [0.1, 0.15) is 10.4 Å². The molecule has 0 bridgehead atoms. The zero-order valence-corrected chi connectivity index (χ0v) is 21.0. The highest BCUT2D eigenvalue weighted by atomic mass is 35.5. The Morgan fingerprint density at radius 1 is 0.886 bits per heavy atom. The van der Waals surface area contributed by atoms with E-state index in [0.29, 0.717) is 11.5 Å². The Hall–Kier alpha value is -3.60. The molecule has 0 aliphatic rings. The van der Waals surface area contributed by atoms with E-state index in [-0.39, 0.29) is 15.9 Å². The van der Waals surface area contributed by atoms with Crippen LogP contribution < -0.4 is 10.0 Å². The number of anilines is 3. The third-order valence-corrected chi connectivity index (χ3v) is 7.89. The van der Waals surface area contributed by atoms with Crippen molar-refractivity contribution in [3.05, 3.63) is 82.6 Å². The molecule has 2 aromatic carbocycles. The van der Waals surface area contributed by atoms with Gasteiger partial charge in [-0.1, -0.05) is 41.4 Å². The van der Waals surface area contributed by atoms with Crippen molar-refractivity contribution in [2.24, 2.45) is 0 Å². The molecular formula is C24H19ClN6O2S2. The third-order valence-electron chi connectivity index (χ3n) is 5.30. The van der Waals surface area contributed by atoms with E-state index in [2.05, 4.69) is 68.3 Å². The molecule has 0 saturated heterocycles. The fourth-order valence-corrected chi connectivity index (χ4v) is 5.74. The molecule has 3 heterocycles. The van der Waals surface area contributed by atoms with Gasteiger partial charge in [0.25, 0.3) is 10.0 Å². The van der Waals surface area contributed by atoms with Crippen LogP contribution in [0.2, 0.25) is 5.15 Å². The maximum Gasteiger partial charge on any atom is 0.263 e. The number of nitrogens with one attached hydrogen (secondary N) is 2. The van der Waals surface area contributed by atoms with Crippen molar-refractivity contribution in [3.8, 4) is 11.1 Å². The van der Waals surface area contributed by atoms with Crippen LogP contribution >= 0.6 is 22.9 Å². The summed E-state index contributed by atoms with van der Waals surface area (Å²) in [4.78, 5) is 11.0. The predicted molar refractivity (Wildman–Crippen MR) is 140 cm³/mol. The van der Waals surface area contributed by atoms with E-state index in [9.17, 15) is 8.42 Å². The molecule has 11 heteroatoms. The van der Waals surface area contributed by atoms with Crippen LogP contribution in [0.25, 0.3) is 21.3 Å². The van der Waals surface area contributed by atoms with Gasteiger partial charge in [0.05, 0.1) is 10.3 Å². The van der Waals surface area contributed by atoms with Crippen LogP contribution in [-0.4, -0.2) is 28.6 Å². The number of hydrogen-bond donors (Lipinski definition) is 2. The molecule has 0 spiro atoms. The summed E-state index contributed by atoms with van der Waals surface area (Å²) < 4.78 is 27.8. The molecule has 0 saturated carbocycles. The summed E-state index contributed by atoms with van der Waals surface area (Å²) >= 11 is 7.32. The topological polar surface area (TPSA) is 110 Å². The Morgan fingerprint density at radius 3 is 2.31 bits per heavy atom. The lowest BCUT2D eigenvalue weighted by atomic mass is 10.0. The quantitative estimate of drug-likeness (QED) is 0.283. The summed E-state index contributed by atoms with van der Waals surface area (Å²) in [7, 11) is -3.84. The molecular weight excluding hydrogens is 504 g/mol. The van der Waals surface area contributed by atoms with Crippen LogP contribution in [0, 0.1) is 13.8 Å². The second kappa shape index (κ2) is 9.21. The summed E-state index contributed by atoms with van der Waals surface area (Å²) in [6, 6.07) is 17.6. The minimum Gasteiger partial charge on any atom is -0.340 e. The van der Waals surface area contributed by atoms with Crippen LogP contribution in [0.4, 0.5) is 17.3 Å². The van der Waals surface area contributed by atoms with E-state index in [1.165, 1.54) is 36.2 Å². The van der Waals surface area contributed by atoms with Crippen molar-refractivity contribution in [3.63, 3.8) is 0 Å². The number of nitrogens with zero attached hydrogens (tertiary/aromatic N) is 4. The monoisotopic (exact) mass is 522 g/mol. The SMILES string of the molecule is Cc1ccc(-c2c(C)sc3ncnc(Nc4ccc(S(=O)(=O)Nc5ccc(Cl)nn5)cc4)c23)cc1. The Morgan fingerprint density at radius 2 is 1.63 bits per heavy atom. The van der Waals surface area contributed by atoms with Gasteiger partial charge >= 0.3 is 0 Å². The molecule has 3 aromatic heterocycles. The fraction of sp³-hybridized carbons (Fsp3) is 0.0833. The molecule has 0 aliphatic carbocycles. The second-order valence-corrected chi connectivity index (χ2v) is 11.1. The lowest BCUT2D eigenvalue weighted by molar-refractivity contribution is 0.601. The summed E-state index contributed by atoms with van der Waals surface area (Å²) in [5.41, 5.74) is 4.05. The number of aryl methyl sites for hydroxylation is 2. The zero-order chi connectivity index (χ0) is 24.6. The maximum absolute atomic E-state index is 12.7. The first-order chi connectivity index (χ1) is 16.8. The lowest BCUT2D eigenvalue weighted by Gasteiger charge is -2.11. The Bertz CT molecular complexity index is 1620. The van der Waals surface area contributed by atoms with E-state index in [1.54, 1.807) is 23.5 Å². The van der Waals surface area contributed by atoms with E-state index in [1.807, 2.05) is 0 Å². The molecule has 0 unspecified atom stereocenters. The van der Waals surface area contributed by atoms with Crippen LogP contribution in [-0.2, 0) is 10.0 Å². The summed E-state index contributed by atoms with van der Waals surface area (Å²) in [6.45, 7) is 4.13. The molecule has 0 amide bonds. The van der Waals surface area contributed by atoms with E-state index in [4.69, 9.17) is 11.6 Å². The maximum atomic E-state index is 12.7. The molecule has 0 fully saturated rings. The molecule has 176 valence electrons. The number of aromatic nitrogens is 4. The number of thiophene rings is 1.